The van der Waals surface area contributed by atoms with Crippen LogP contribution in [0.4, 0.5) is 28.4 Å². The van der Waals surface area contributed by atoms with Gasteiger partial charge in [-0.25, -0.2) is 0 Å². The number of allylic oxidation sites excluding steroid dienone is 5. The molecule has 0 amide bonds. The fourth-order valence-corrected chi connectivity index (χ4v) is 9.66. The van der Waals surface area contributed by atoms with Crippen molar-refractivity contribution in [2.75, 3.05) is 39.7 Å². The zero-order valence-corrected chi connectivity index (χ0v) is 43.8. The van der Waals surface area contributed by atoms with E-state index in [2.05, 4.69) is 226 Å². The zero-order chi connectivity index (χ0) is 48.3. The zero-order valence-electron chi connectivity index (χ0n) is 42.1. The van der Waals surface area contributed by atoms with Crippen LogP contribution in [0.3, 0.4) is 0 Å². The number of aromatic hydroxyl groups is 2. The Bertz CT molecular complexity index is 2340. The van der Waals surface area contributed by atoms with Gasteiger partial charge in [-0.1, -0.05) is 126 Å². The summed E-state index contributed by atoms with van der Waals surface area (Å²) in [7, 11) is 0. The van der Waals surface area contributed by atoms with Crippen molar-refractivity contribution in [1.82, 2.24) is 0 Å². The highest BCUT2D eigenvalue weighted by molar-refractivity contribution is 7.99. The predicted octanol–water partition coefficient (Wildman–Crippen LogP) is 17.0. The minimum atomic E-state index is -0.150. The van der Waals surface area contributed by atoms with Gasteiger partial charge in [0, 0.05) is 79.8 Å². The molecule has 7 heteroatoms. The Labute approximate surface area is 407 Å². The Kier molecular flexibility index (Phi) is 17.9. The highest BCUT2D eigenvalue weighted by Crippen LogP contribution is 2.43. The van der Waals surface area contributed by atoms with Crippen molar-refractivity contribution < 1.29 is 10.2 Å². The third kappa shape index (κ3) is 14.8. The van der Waals surface area contributed by atoms with Gasteiger partial charge in [-0.2, -0.15) is 0 Å². The van der Waals surface area contributed by atoms with Gasteiger partial charge in [-0.15, -0.1) is 23.5 Å². The minimum Gasteiger partial charge on any atom is -0.507 e. The number of hydrogen-bond donors (Lipinski definition) is 3. The molecule has 0 saturated heterocycles. The van der Waals surface area contributed by atoms with E-state index < -0.39 is 0 Å². The summed E-state index contributed by atoms with van der Waals surface area (Å²) in [5.41, 5.74) is 8.96. The molecule has 0 fully saturated rings. The maximum Gasteiger partial charge on any atom is 0.123 e. The molecule has 0 aromatic heterocycles. The van der Waals surface area contributed by atoms with Crippen LogP contribution in [0, 0.1) is 0 Å². The average molecular weight is 924 g/mol. The number of nitrogens with zero attached hydrogens (tertiary/aromatic N) is 2. The van der Waals surface area contributed by atoms with Gasteiger partial charge in [0.2, 0.25) is 0 Å². The second kappa shape index (κ2) is 22.7. The number of thioether (sulfide) groups is 2. The molecule has 0 spiro atoms. The second-order valence-corrected chi connectivity index (χ2v) is 23.6. The van der Waals surface area contributed by atoms with Crippen molar-refractivity contribution in [2.24, 2.45) is 0 Å². The molecule has 0 atom stereocenters. The molecule has 5 aromatic rings. The number of hydrogen-bond acceptors (Lipinski definition) is 7. The van der Waals surface area contributed by atoms with Crippen molar-refractivity contribution >= 4 is 52.0 Å². The van der Waals surface area contributed by atoms with Crippen LogP contribution in [0.1, 0.15) is 125 Å². The van der Waals surface area contributed by atoms with Crippen LogP contribution in [-0.4, -0.2) is 34.8 Å². The Morgan fingerprint density at radius 3 is 1.30 bits per heavy atom. The Balaban J connectivity index is 1.25. The molecule has 0 bridgehead atoms. The van der Waals surface area contributed by atoms with Crippen LogP contribution in [0.25, 0.3) is 0 Å². The van der Waals surface area contributed by atoms with E-state index in [0.717, 1.165) is 82.4 Å². The summed E-state index contributed by atoms with van der Waals surface area (Å²) in [6.07, 6.45) is 14.4. The van der Waals surface area contributed by atoms with Gasteiger partial charge in [-0.3, -0.25) is 0 Å². The minimum absolute atomic E-state index is 0.149. The fourth-order valence-electron chi connectivity index (χ4n) is 7.83. The van der Waals surface area contributed by atoms with E-state index in [1.165, 1.54) is 15.5 Å². The molecule has 0 aliphatic carbocycles. The first-order chi connectivity index (χ1) is 31.1. The largest absolute Gasteiger partial charge is 0.507 e. The van der Waals surface area contributed by atoms with Crippen LogP contribution in [-0.2, 0) is 21.7 Å². The number of anilines is 5. The summed E-state index contributed by atoms with van der Waals surface area (Å²) in [6.45, 7) is 29.8. The first-order valence-electron chi connectivity index (χ1n) is 23.6. The molecule has 0 radical (unpaired) electrons. The summed E-state index contributed by atoms with van der Waals surface area (Å²) in [5.74, 6) is 2.79. The van der Waals surface area contributed by atoms with Crippen molar-refractivity contribution in [3.8, 4) is 11.5 Å². The Hall–Kier alpha value is -4.98. The van der Waals surface area contributed by atoms with Crippen LogP contribution < -0.4 is 15.1 Å². The quantitative estimate of drug-likeness (QED) is 0.0460. The molecule has 3 N–H and O–H groups in total. The molecule has 66 heavy (non-hydrogen) atoms. The molecular formula is C59H77N3O2S2. The maximum absolute atomic E-state index is 11.2. The molecule has 0 aliphatic rings. The van der Waals surface area contributed by atoms with Gasteiger partial charge in [0.05, 0.1) is 0 Å². The highest BCUT2D eigenvalue weighted by atomic mass is 32.2. The van der Waals surface area contributed by atoms with E-state index in [-0.39, 0.29) is 21.7 Å². The Morgan fingerprint density at radius 2 is 0.879 bits per heavy atom. The normalized spacial score (nSPS) is 12.7. The molecule has 0 heterocycles. The maximum atomic E-state index is 11.2. The lowest BCUT2D eigenvalue weighted by molar-refractivity contribution is 0.421. The third-order valence-electron chi connectivity index (χ3n) is 11.5. The van der Waals surface area contributed by atoms with Gasteiger partial charge in [-0.05, 0) is 144 Å². The molecule has 5 rings (SSSR count). The van der Waals surface area contributed by atoms with E-state index in [1.807, 2.05) is 42.6 Å². The van der Waals surface area contributed by atoms with E-state index in [1.54, 1.807) is 0 Å². The topological polar surface area (TPSA) is 59.0 Å². The van der Waals surface area contributed by atoms with Crippen LogP contribution >= 0.6 is 23.5 Å². The molecule has 352 valence electrons. The smallest absolute Gasteiger partial charge is 0.123 e. The lowest BCUT2D eigenvalue weighted by atomic mass is 9.79. The first-order valence-corrected chi connectivity index (χ1v) is 25.6. The molecular weight excluding hydrogens is 847 g/mol. The molecule has 0 saturated carbocycles. The number of rotatable bonds is 18. The monoisotopic (exact) mass is 924 g/mol. The number of nitrogens with one attached hydrogen (secondary N) is 1. The molecule has 5 nitrogen and oxygen atoms in total. The molecule has 0 aliphatic heterocycles. The van der Waals surface area contributed by atoms with Crippen molar-refractivity contribution in [3.63, 3.8) is 0 Å². The van der Waals surface area contributed by atoms with Gasteiger partial charge in [0.25, 0.3) is 0 Å². The third-order valence-corrected chi connectivity index (χ3v) is 13.7. The van der Waals surface area contributed by atoms with Gasteiger partial charge < -0.3 is 25.3 Å². The molecule has 5 aromatic carbocycles. The standard InChI is InChI=1S/C59H77N3O2S2/c1-14-15-16-17-21-34-61(35-22-37-65-48-39-50(56(2,3)4)54(63)51(40-48)57(5,6)7)45-30-26-43(27-31-45)60-44-28-32-47(33-29-44)62(46-24-19-18-20-25-46)36-23-38-66-49-41-52(58(8,9)10)55(64)53(42-49)59(11,12)13/h14-21,24-34,39-42,60,63-64H,22-23,35-38H2,1-13H3/b15-14-,17-16-,34-21+. The lowest BCUT2D eigenvalue weighted by Crippen LogP contribution is -2.19. The number of para-hydroxylation sites is 1. The van der Waals surface area contributed by atoms with Crippen LogP contribution in [0.15, 0.2) is 149 Å². The molecule has 0 unspecified atom stereocenters. The van der Waals surface area contributed by atoms with E-state index >= 15 is 0 Å². The van der Waals surface area contributed by atoms with Crippen LogP contribution in [0.2, 0.25) is 0 Å². The number of phenolic OH excluding ortho intramolecular Hbond substituents is 2. The second-order valence-electron chi connectivity index (χ2n) is 21.3. The van der Waals surface area contributed by atoms with Crippen molar-refractivity contribution in [1.29, 1.82) is 0 Å². The lowest BCUT2D eigenvalue weighted by Gasteiger charge is -2.28. The fraction of sp³-hybridized carbons (Fsp3) is 0.390. The number of benzene rings is 5. The summed E-state index contributed by atoms with van der Waals surface area (Å²) in [6, 6.07) is 36.8. The summed E-state index contributed by atoms with van der Waals surface area (Å²) >= 11 is 3.74. The van der Waals surface area contributed by atoms with E-state index in [9.17, 15) is 10.2 Å². The summed E-state index contributed by atoms with van der Waals surface area (Å²) < 4.78 is 0. The average Bonchev–Trinajstić information content (AvgIpc) is 3.24. The van der Waals surface area contributed by atoms with Gasteiger partial charge in [0.15, 0.2) is 0 Å². The highest BCUT2D eigenvalue weighted by Gasteiger charge is 2.28. The van der Waals surface area contributed by atoms with Crippen molar-refractivity contribution in [2.45, 2.75) is 134 Å². The first kappa shape index (κ1) is 52.0. The van der Waals surface area contributed by atoms with Gasteiger partial charge in [0.1, 0.15) is 11.5 Å². The number of phenols is 2. The Morgan fingerprint density at radius 1 is 0.485 bits per heavy atom. The van der Waals surface area contributed by atoms with E-state index in [4.69, 9.17) is 0 Å². The predicted molar refractivity (Wildman–Crippen MR) is 292 cm³/mol. The summed E-state index contributed by atoms with van der Waals surface area (Å²) in [4.78, 5) is 7.15. The van der Waals surface area contributed by atoms with Gasteiger partial charge >= 0.3 is 0 Å². The summed E-state index contributed by atoms with van der Waals surface area (Å²) in [5, 5.41) is 26.1. The van der Waals surface area contributed by atoms with E-state index in [0.29, 0.717) is 11.5 Å². The SMILES string of the molecule is C\C=C/C=C\C=C\N(CCCSc1cc(C(C)(C)C)c(O)c(C(C)(C)C)c1)c1ccc(Nc2ccc(N(CCCSc3cc(C(C)(C)C)c(O)c(C(C)(C)C)c3)c3ccccc3)cc2)cc1. The van der Waals surface area contributed by atoms with Crippen LogP contribution in [0.5, 0.6) is 11.5 Å². The van der Waals surface area contributed by atoms with Crippen molar-refractivity contribution in [3.05, 3.63) is 162 Å².